The largest absolute Gasteiger partial charge is 0.457 e. The number of carbonyl (C=O) groups is 1. The molecule has 0 amide bonds. The van der Waals surface area contributed by atoms with Gasteiger partial charge in [-0.15, -0.1) is 0 Å². The number of ether oxygens (including phenoxy) is 1. The van der Waals surface area contributed by atoms with Gasteiger partial charge in [0.25, 0.3) is 0 Å². The van der Waals surface area contributed by atoms with Crippen molar-refractivity contribution in [1.29, 1.82) is 0 Å². The first kappa shape index (κ1) is 19.8. The molecule has 0 aliphatic rings. The number of rotatable bonds is 6. The van der Waals surface area contributed by atoms with E-state index in [4.69, 9.17) is 4.74 Å². The highest BCUT2D eigenvalue weighted by molar-refractivity contribution is 7.90. The molecule has 0 fully saturated rings. The average Bonchev–Trinajstić information content (AvgIpc) is 2.67. The second kappa shape index (κ2) is 8.35. The lowest BCUT2D eigenvalue weighted by atomic mass is 10.1. The van der Waals surface area contributed by atoms with Gasteiger partial charge >= 0.3 is 5.97 Å². The molecule has 0 saturated carbocycles. The molecule has 3 aromatic carbocycles. The fraction of sp³-hybridized carbons (Fsp3) is 0.136. The van der Waals surface area contributed by atoms with Crippen LogP contribution in [-0.2, 0) is 26.9 Å². The van der Waals surface area contributed by atoms with Gasteiger partial charge in [0.15, 0.2) is 9.84 Å². The van der Waals surface area contributed by atoms with Gasteiger partial charge in [0.2, 0.25) is 0 Å². The molecule has 4 nitrogen and oxygen atoms in total. The van der Waals surface area contributed by atoms with Gasteiger partial charge in [0.1, 0.15) is 12.4 Å². The standard InChI is InChI=1S/C22H19FO4S/c1-16-9-11-20(12-10-16)28(25,26)15-17-5-4-7-18(13-17)22(24)27-14-19-6-2-3-8-21(19)23/h2-13H,14-15H2,1H3. The van der Waals surface area contributed by atoms with Crippen LogP contribution in [0.25, 0.3) is 0 Å². The van der Waals surface area contributed by atoms with E-state index in [1.807, 2.05) is 6.92 Å². The maximum Gasteiger partial charge on any atom is 0.338 e. The van der Waals surface area contributed by atoms with E-state index < -0.39 is 21.6 Å². The van der Waals surface area contributed by atoms with Crippen molar-refractivity contribution >= 4 is 15.8 Å². The molecule has 0 atom stereocenters. The van der Waals surface area contributed by atoms with Crippen LogP contribution in [-0.4, -0.2) is 14.4 Å². The summed E-state index contributed by atoms with van der Waals surface area (Å²) in [4.78, 5) is 12.5. The molecule has 0 N–H and O–H groups in total. The third-order valence-corrected chi connectivity index (χ3v) is 5.92. The number of hydrogen-bond donors (Lipinski definition) is 0. The minimum absolute atomic E-state index is 0.197. The van der Waals surface area contributed by atoms with Gasteiger partial charge in [0, 0.05) is 5.56 Å². The zero-order valence-electron chi connectivity index (χ0n) is 15.3. The van der Waals surface area contributed by atoms with Crippen LogP contribution in [0.5, 0.6) is 0 Å². The molecule has 144 valence electrons. The van der Waals surface area contributed by atoms with Crippen molar-refractivity contribution in [3.8, 4) is 0 Å². The van der Waals surface area contributed by atoms with Gasteiger partial charge in [-0.3, -0.25) is 0 Å². The molecular weight excluding hydrogens is 379 g/mol. The quantitative estimate of drug-likeness (QED) is 0.575. The summed E-state index contributed by atoms with van der Waals surface area (Å²) >= 11 is 0. The van der Waals surface area contributed by atoms with Crippen LogP contribution in [0.1, 0.15) is 27.0 Å². The summed E-state index contributed by atoms with van der Waals surface area (Å²) in [6.07, 6.45) is 0. The number of benzene rings is 3. The molecule has 0 aromatic heterocycles. The lowest BCUT2D eigenvalue weighted by molar-refractivity contribution is 0.0469. The summed E-state index contributed by atoms with van der Waals surface area (Å²) in [7, 11) is -3.54. The lowest BCUT2D eigenvalue weighted by Gasteiger charge is -2.08. The number of sulfone groups is 1. The Balaban J connectivity index is 1.72. The Kier molecular flexibility index (Phi) is 5.90. The Morgan fingerprint density at radius 1 is 0.964 bits per heavy atom. The first-order valence-electron chi connectivity index (χ1n) is 8.64. The highest BCUT2D eigenvalue weighted by atomic mass is 32.2. The molecule has 0 spiro atoms. The van der Waals surface area contributed by atoms with Crippen molar-refractivity contribution in [2.45, 2.75) is 24.2 Å². The molecule has 0 saturated heterocycles. The SMILES string of the molecule is Cc1ccc(S(=O)(=O)Cc2cccc(C(=O)OCc3ccccc3F)c2)cc1. The fourth-order valence-corrected chi connectivity index (χ4v) is 4.01. The summed E-state index contributed by atoms with van der Waals surface area (Å²) in [6, 6.07) is 18.9. The van der Waals surface area contributed by atoms with Crippen LogP contribution in [0.4, 0.5) is 4.39 Å². The van der Waals surface area contributed by atoms with Crippen LogP contribution in [0.3, 0.4) is 0 Å². The Labute approximate surface area is 163 Å². The number of hydrogen-bond acceptors (Lipinski definition) is 4. The second-order valence-electron chi connectivity index (χ2n) is 6.44. The van der Waals surface area contributed by atoms with E-state index in [-0.39, 0.29) is 28.4 Å². The third-order valence-electron chi connectivity index (χ3n) is 4.22. The zero-order valence-corrected chi connectivity index (χ0v) is 16.1. The Morgan fingerprint density at radius 2 is 1.68 bits per heavy atom. The van der Waals surface area contributed by atoms with Crippen molar-refractivity contribution in [1.82, 2.24) is 0 Å². The predicted molar refractivity (Wildman–Crippen MR) is 104 cm³/mol. The molecule has 28 heavy (non-hydrogen) atoms. The fourth-order valence-electron chi connectivity index (χ4n) is 2.68. The minimum atomic E-state index is -3.54. The molecule has 3 rings (SSSR count). The van der Waals surface area contributed by atoms with Crippen LogP contribution >= 0.6 is 0 Å². The van der Waals surface area contributed by atoms with Crippen molar-refractivity contribution in [3.05, 3.63) is 101 Å². The Morgan fingerprint density at radius 3 is 2.39 bits per heavy atom. The summed E-state index contributed by atoms with van der Waals surface area (Å²) in [6.45, 7) is 1.68. The van der Waals surface area contributed by atoms with Crippen molar-refractivity contribution in [2.24, 2.45) is 0 Å². The van der Waals surface area contributed by atoms with E-state index in [2.05, 4.69) is 0 Å². The molecule has 0 aliphatic carbocycles. The molecule has 3 aromatic rings. The van der Waals surface area contributed by atoms with Crippen LogP contribution in [0, 0.1) is 12.7 Å². The van der Waals surface area contributed by atoms with Gasteiger partial charge in [-0.05, 0) is 42.8 Å². The molecule has 0 heterocycles. The predicted octanol–water partition coefficient (Wildman–Crippen LogP) is 4.47. The van der Waals surface area contributed by atoms with Crippen LogP contribution in [0.15, 0.2) is 77.7 Å². The summed E-state index contributed by atoms with van der Waals surface area (Å²) < 4.78 is 43.9. The van der Waals surface area contributed by atoms with Crippen LogP contribution in [0.2, 0.25) is 0 Å². The minimum Gasteiger partial charge on any atom is -0.457 e. The molecular formula is C22H19FO4S. The smallest absolute Gasteiger partial charge is 0.338 e. The van der Waals surface area contributed by atoms with E-state index in [9.17, 15) is 17.6 Å². The Hall–Kier alpha value is -2.99. The van der Waals surface area contributed by atoms with Gasteiger partial charge in [0.05, 0.1) is 16.2 Å². The van der Waals surface area contributed by atoms with Gasteiger partial charge < -0.3 is 4.74 Å². The van der Waals surface area contributed by atoms with E-state index in [1.54, 1.807) is 48.5 Å². The van der Waals surface area contributed by atoms with Crippen molar-refractivity contribution in [2.75, 3.05) is 0 Å². The highest BCUT2D eigenvalue weighted by Gasteiger charge is 2.17. The monoisotopic (exact) mass is 398 g/mol. The molecule has 6 heteroatoms. The molecule has 0 radical (unpaired) electrons. The van der Waals surface area contributed by atoms with Crippen molar-refractivity contribution < 1.29 is 22.3 Å². The number of carbonyl (C=O) groups excluding carboxylic acids is 1. The third kappa shape index (κ3) is 4.84. The number of aryl methyl sites for hydroxylation is 1. The number of esters is 1. The maximum atomic E-state index is 13.6. The van der Waals surface area contributed by atoms with Crippen molar-refractivity contribution in [3.63, 3.8) is 0 Å². The van der Waals surface area contributed by atoms with E-state index in [0.717, 1.165) is 5.56 Å². The van der Waals surface area contributed by atoms with Crippen LogP contribution < -0.4 is 0 Å². The Bertz CT molecular complexity index is 1090. The second-order valence-corrected chi connectivity index (χ2v) is 8.43. The van der Waals surface area contributed by atoms with Gasteiger partial charge in [-0.1, -0.05) is 48.0 Å². The topological polar surface area (TPSA) is 60.4 Å². The van der Waals surface area contributed by atoms with E-state index >= 15 is 0 Å². The van der Waals surface area contributed by atoms with Gasteiger partial charge in [-0.2, -0.15) is 0 Å². The summed E-state index contributed by atoms with van der Waals surface area (Å²) in [5.74, 6) is -1.32. The maximum absolute atomic E-state index is 13.6. The zero-order chi connectivity index (χ0) is 20.1. The first-order chi connectivity index (χ1) is 13.3. The van der Waals surface area contributed by atoms with E-state index in [1.165, 1.54) is 24.3 Å². The first-order valence-corrected chi connectivity index (χ1v) is 10.3. The van der Waals surface area contributed by atoms with E-state index in [0.29, 0.717) is 5.56 Å². The molecule has 0 aliphatic heterocycles. The molecule has 0 unspecified atom stereocenters. The summed E-state index contributed by atoms with van der Waals surface area (Å²) in [5.41, 5.74) is 1.93. The highest BCUT2D eigenvalue weighted by Crippen LogP contribution is 2.18. The normalized spacial score (nSPS) is 11.2. The molecule has 0 bridgehead atoms. The van der Waals surface area contributed by atoms with Gasteiger partial charge in [-0.25, -0.2) is 17.6 Å². The number of halogens is 1. The average molecular weight is 398 g/mol. The lowest BCUT2D eigenvalue weighted by Crippen LogP contribution is -2.08. The summed E-state index contributed by atoms with van der Waals surface area (Å²) in [5, 5.41) is 0.